The topological polar surface area (TPSA) is 18.5 Å². The second-order valence-electron chi connectivity index (χ2n) is 5.40. The summed E-state index contributed by atoms with van der Waals surface area (Å²) >= 11 is 0. The second kappa shape index (κ2) is 5.21. The van der Waals surface area contributed by atoms with Crippen molar-refractivity contribution in [2.24, 2.45) is 29.6 Å². The van der Waals surface area contributed by atoms with Gasteiger partial charge in [-0.3, -0.25) is 4.74 Å². The van der Waals surface area contributed by atoms with Crippen molar-refractivity contribution in [2.45, 2.75) is 26.1 Å². The predicted octanol–water partition coefficient (Wildman–Crippen LogP) is 3.59. The fourth-order valence-electron chi connectivity index (χ4n) is 3.65. The number of alkyl halides is 3. The van der Waals surface area contributed by atoms with E-state index in [-0.39, 0.29) is 0 Å². The summed E-state index contributed by atoms with van der Waals surface area (Å²) in [6, 6.07) is 0. The van der Waals surface area contributed by atoms with E-state index < -0.39 is 13.2 Å². The number of fused-ring (bicyclic) bond motifs is 5. The van der Waals surface area contributed by atoms with Crippen molar-refractivity contribution in [3.63, 3.8) is 0 Å². The third-order valence-corrected chi connectivity index (χ3v) is 4.33. The molecule has 0 radical (unpaired) electrons. The molecule has 5 atom stereocenters. The van der Waals surface area contributed by atoms with Gasteiger partial charge < -0.3 is 4.74 Å². The summed E-state index contributed by atoms with van der Waals surface area (Å²) in [4.78, 5) is 0. The third kappa shape index (κ3) is 2.88. The van der Waals surface area contributed by atoms with Gasteiger partial charge in [0.1, 0.15) is 0 Å². The Morgan fingerprint density at radius 3 is 2.22 bits per heavy atom. The molecule has 5 unspecified atom stereocenters. The molecule has 104 valence electrons. The highest BCUT2D eigenvalue weighted by Crippen LogP contribution is 2.60. The van der Waals surface area contributed by atoms with Crippen LogP contribution in [0.25, 0.3) is 0 Å². The molecule has 0 aliphatic heterocycles. The molecule has 2 fully saturated rings. The SMILES string of the molecule is CC1CC2C3C=CC(C3)C12.COCOC(F)(F)F. The molecule has 18 heavy (non-hydrogen) atoms. The minimum Gasteiger partial charge on any atom is -0.358 e. The largest absolute Gasteiger partial charge is 0.524 e. The molecule has 3 aliphatic rings. The Bertz CT molecular complexity index is 314. The number of allylic oxidation sites excluding steroid dienone is 2. The van der Waals surface area contributed by atoms with Crippen LogP contribution in [0.5, 0.6) is 0 Å². The van der Waals surface area contributed by atoms with Crippen molar-refractivity contribution >= 4 is 0 Å². The molecule has 0 aromatic heterocycles. The smallest absolute Gasteiger partial charge is 0.358 e. The maximum atomic E-state index is 10.9. The highest BCUT2D eigenvalue weighted by atomic mass is 19.4. The van der Waals surface area contributed by atoms with Gasteiger partial charge in [0, 0.05) is 7.11 Å². The summed E-state index contributed by atoms with van der Waals surface area (Å²) in [6.07, 6.45) is 3.39. The predicted molar refractivity (Wildman–Crippen MR) is 60.5 cm³/mol. The summed E-state index contributed by atoms with van der Waals surface area (Å²) in [5, 5.41) is 0. The van der Waals surface area contributed by atoms with Crippen molar-refractivity contribution in [3.8, 4) is 0 Å². The highest BCUT2D eigenvalue weighted by Gasteiger charge is 2.53. The Morgan fingerprint density at radius 1 is 1.17 bits per heavy atom. The first-order valence-electron chi connectivity index (χ1n) is 6.30. The van der Waals surface area contributed by atoms with Gasteiger partial charge in [0.15, 0.2) is 6.79 Å². The van der Waals surface area contributed by atoms with Gasteiger partial charge >= 0.3 is 6.36 Å². The first kappa shape index (κ1) is 13.9. The van der Waals surface area contributed by atoms with Gasteiger partial charge in [0.05, 0.1) is 0 Å². The maximum absolute atomic E-state index is 10.9. The minimum absolute atomic E-state index is 0.747. The maximum Gasteiger partial charge on any atom is 0.524 e. The van der Waals surface area contributed by atoms with Gasteiger partial charge in [-0.25, -0.2) is 0 Å². The molecule has 0 amide bonds. The van der Waals surface area contributed by atoms with E-state index in [2.05, 4.69) is 28.5 Å². The molecule has 0 spiro atoms. The van der Waals surface area contributed by atoms with Gasteiger partial charge in [0.2, 0.25) is 0 Å². The van der Waals surface area contributed by atoms with Crippen molar-refractivity contribution in [1.82, 2.24) is 0 Å². The fraction of sp³-hybridized carbons (Fsp3) is 0.846. The van der Waals surface area contributed by atoms with Crippen LogP contribution >= 0.6 is 0 Å². The summed E-state index contributed by atoms with van der Waals surface area (Å²) in [5.41, 5.74) is 0. The van der Waals surface area contributed by atoms with Crippen LogP contribution in [0.4, 0.5) is 13.2 Å². The number of ether oxygens (including phenoxy) is 2. The number of methoxy groups -OCH3 is 1. The monoisotopic (exact) mass is 264 g/mol. The van der Waals surface area contributed by atoms with E-state index in [4.69, 9.17) is 0 Å². The summed E-state index contributed by atoms with van der Waals surface area (Å²) in [5.74, 6) is 5.27. The molecule has 5 heteroatoms. The van der Waals surface area contributed by atoms with Gasteiger partial charge in [0.25, 0.3) is 0 Å². The number of hydrogen-bond acceptors (Lipinski definition) is 2. The standard InChI is InChI=1S/C10H14.C3H5F3O2/c1-6-4-9-7-2-3-8(5-7)10(6)9;1-7-2-8-3(4,5)6/h2-3,6-10H,4-5H2,1H3;2H2,1H3. The molecule has 3 rings (SSSR count). The number of halogens is 3. The van der Waals surface area contributed by atoms with Crippen molar-refractivity contribution in [3.05, 3.63) is 12.2 Å². The molecule has 2 nitrogen and oxygen atoms in total. The molecule has 2 bridgehead atoms. The third-order valence-electron chi connectivity index (χ3n) is 4.33. The zero-order valence-corrected chi connectivity index (χ0v) is 10.6. The molecule has 0 N–H and O–H groups in total. The van der Waals surface area contributed by atoms with E-state index in [1.807, 2.05) is 0 Å². The lowest BCUT2D eigenvalue weighted by Gasteiger charge is -2.44. The highest BCUT2D eigenvalue weighted by molar-refractivity contribution is 5.17. The molecule has 0 aromatic carbocycles. The van der Waals surface area contributed by atoms with Gasteiger partial charge in [-0.1, -0.05) is 19.1 Å². The second-order valence-corrected chi connectivity index (χ2v) is 5.40. The average molecular weight is 264 g/mol. The van der Waals surface area contributed by atoms with E-state index in [0.717, 1.165) is 36.7 Å². The average Bonchev–Trinajstić information content (AvgIpc) is 2.81. The minimum atomic E-state index is -4.57. The molecule has 0 aromatic rings. The lowest BCUT2D eigenvalue weighted by molar-refractivity contribution is -0.347. The lowest BCUT2D eigenvalue weighted by atomic mass is 9.61. The zero-order chi connectivity index (χ0) is 13.3. The Hall–Kier alpha value is -0.550. The van der Waals surface area contributed by atoms with Crippen LogP contribution in [0.2, 0.25) is 0 Å². The van der Waals surface area contributed by atoms with E-state index in [1.165, 1.54) is 12.8 Å². The quantitative estimate of drug-likeness (QED) is 0.560. The molecule has 3 aliphatic carbocycles. The van der Waals surface area contributed by atoms with E-state index >= 15 is 0 Å². The first-order chi connectivity index (χ1) is 8.42. The van der Waals surface area contributed by atoms with Gasteiger partial charge in [-0.15, -0.1) is 13.2 Å². The number of hydrogen-bond donors (Lipinski definition) is 0. The number of rotatable bonds is 2. The Labute approximate surface area is 105 Å². The van der Waals surface area contributed by atoms with Crippen LogP contribution in [-0.4, -0.2) is 20.3 Å². The van der Waals surface area contributed by atoms with Crippen LogP contribution in [0.3, 0.4) is 0 Å². The Morgan fingerprint density at radius 2 is 1.83 bits per heavy atom. The molecular formula is C13H19F3O2. The summed E-state index contributed by atoms with van der Waals surface area (Å²) < 4.78 is 40.0. The van der Waals surface area contributed by atoms with E-state index in [1.54, 1.807) is 0 Å². The summed E-state index contributed by atoms with van der Waals surface area (Å²) in [7, 11) is 1.12. The lowest BCUT2D eigenvalue weighted by Crippen LogP contribution is -2.37. The molecule has 0 heterocycles. The van der Waals surface area contributed by atoms with Crippen LogP contribution in [0.15, 0.2) is 12.2 Å². The van der Waals surface area contributed by atoms with Crippen LogP contribution in [0.1, 0.15) is 19.8 Å². The van der Waals surface area contributed by atoms with Crippen LogP contribution in [0, 0.1) is 29.6 Å². The fourth-order valence-corrected chi connectivity index (χ4v) is 3.65. The van der Waals surface area contributed by atoms with Crippen molar-refractivity contribution in [2.75, 3.05) is 13.9 Å². The van der Waals surface area contributed by atoms with E-state index in [0.29, 0.717) is 0 Å². The molecular weight excluding hydrogens is 245 g/mol. The Balaban J connectivity index is 0.000000139. The normalized spacial score (nSPS) is 39.9. The molecule has 2 saturated carbocycles. The van der Waals surface area contributed by atoms with Crippen LogP contribution in [-0.2, 0) is 9.47 Å². The molecule has 0 saturated heterocycles. The zero-order valence-electron chi connectivity index (χ0n) is 10.6. The van der Waals surface area contributed by atoms with Gasteiger partial charge in [-0.2, -0.15) is 0 Å². The van der Waals surface area contributed by atoms with Crippen LogP contribution < -0.4 is 0 Å². The van der Waals surface area contributed by atoms with Crippen molar-refractivity contribution < 1.29 is 22.6 Å². The van der Waals surface area contributed by atoms with E-state index in [9.17, 15) is 13.2 Å². The van der Waals surface area contributed by atoms with Gasteiger partial charge in [-0.05, 0) is 42.4 Å². The summed E-state index contributed by atoms with van der Waals surface area (Å²) in [6.45, 7) is 1.68. The Kier molecular flexibility index (Phi) is 4.02. The first-order valence-corrected chi connectivity index (χ1v) is 6.30. The van der Waals surface area contributed by atoms with Crippen molar-refractivity contribution in [1.29, 1.82) is 0 Å².